The fourth-order valence-corrected chi connectivity index (χ4v) is 4.40. The number of amides is 1. The number of nitrogens with one attached hydrogen (secondary N) is 1. The van der Waals surface area contributed by atoms with Crippen molar-refractivity contribution in [3.05, 3.63) is 58.8 Å². The van der Waals surface area contributed by atoms with Gasteiger partial charge in [0.1, 0.15) is 17.6 Å². The van der Waals surface area contributed by atoms with Crippen molar-refractivity contribution in [3.8, 4) is 6.07 Å². The van der Waals surface area contributed by atoms with Crippen LogP contribution < -0.4 is 4.90 Å². The predicted octanol–water partition coefficient (Wildman–Crippen LogP) is 1.59. The fourth-order valence-electron chi connectivity index (χ4n) is 3.40. The summed E-state index contributed by atoms with van der Waals surface area (Å²) in [5.74, 6) is 0.460. The molecule has 1 aliphatic heterocycles. The van der Waals surface area contributed by atoms with Gasteiger partial charge in [-0.2, -0.15) is 5.26 Å². The second-order valence-corrected chi connectivity index (χ2v) is 7.92. The zero-order chi connectivity index (χ0) is 19.2. The quantitative estimate of drug-likeness (QED) is 0.799. The maximum absolute atomic E-state index is 12.6. The van der Waals surface area contributed by atoms with E-state index in [2.05, 4.69) is 35.3 Å². The van der Waals surface area contributed by atoms with E-state index in [4.69, 9.17) is 0 Å². The van der Waals surface area contributed by atoms with Crippen molar-refractivity contribution in [2.45, 2.75) is 25.4 Å². The molecule has 1 saturated heterocycles. The van der Waals surface area contributed by atoms with Crippen LogP contribution in [0.3, 0.4) is 0 Å². The number of carbonyl (C=O) groups is 1. The molecule has 0 atom stereocenters. The molecular weight excluding hydrogens is 356 g/mol. The van der Waals surface area contributed by atoms with Gasteiger partial charge >= 0.3 is 0 Å². The number of aromatic nitrogens is 1. The third-order valence-corrected chi connectivity index (χ3v) is 5.84. The summed E-state index contributed by atoms with van der Waals surface area (Å²) in [4.78, 5) is 20.5. The third kappa shape index (κ3) is 5.09. The Balaban J connectivity index is 1.51. The van der Waals surface area contributed by atoms with E-state index in [-0.39, 0.29) is 5.91 Å². The van der Waals surface area contributed by atoms with E-state index in [0.29, 0.717) is 16.3 Å². The zero-order valence-electron chi connectivity index (χ0n) is 15.9. The molecule has 1 fully saturated rings. The largest absolute Gasteiger partial charge is 0.331 e. The number of thioether (sulfide) groups is 1. The van der Waals surface area contributed by atoms with Gasteiger partial charge in [-0.05, 0) is 25.5 Å². The number of rotatable bonds is 5. The molecule has 3 rings (SSSR count). The second kappa shape index (κ2) is 9.03. The number of hydrogen-bond donors (Lipinski definition) is 1. The molecule has 5 nitrogen and oxygen atoms in total. The van der Waals surface area contributed by atoms with Gasteiger partial charge in [0, 0.05) is 11.3 Å². The first-order valence-corrected chi connectivity index (χ1v) is 10.2. The molecule has 140 valence electrons. The van der Waals surface area contributed by atoms with Crippen molar-refractivity contribution >= 4 is 17.7 Å². The zero-order valence-corrected chi connectivity index (χ0v) is 16.7. The van der Waals surface area contributed by atoms with Crippen LogP contribution in [0.1, 0.15) is 22.4 Å². The average Bonchev–Trinajstić information content (AvgIpc) is 2.67. The van der Waals surface area contributed by atoms with Crippen LogP contribution in [0.5, 0.6) is 0 Å². The Kier molecular flexibility index (Phi) is 6.49. The molecule has 1 aromatic heterocycles. The molecule has 0 saturated carbocycles. The molecular formula is C21H25N4OS+. The van der Waals surface area contributed by atoms with E-state index < -0.39 is 0 Å². The number of pyridine rings is 1. The fraction of sp³-hybridized carbons (Fsp3) is 0.381. The van der Waals surface area contributed by atoms with Gasteiger partial charge in [0.15, 0.2) is 0 Å². The van der Waals surface area contributed by atoms with E-state index in [1.165, 1.54) is 22.2 Å². The van der Waals surface area contributed by atoms with Crippen LogP contribution in [0.2, 0.25) is 0 Å². The van der Waals surface area contributed by atoms with Crippen molar-refractivity contribution in [2.75, 3.05) is 31.9 Å². The number of nitriles is 1. The van der Waals surface area contributed by atoms with Crippen LogP contribution >= 0.6 is 11.8 Å². The number of quaternary nitrogens is 1. The van der Waals surface area contributed by atoms with Crippen molar-refractivity contribution in [2.24, 2.45) is 0 Å². The van der Waals surface area contributed by atoms with Gasteiger partial charge in [0.25, 0.3) is 0 Å². The van der Waals surface area contributed by atoms with Gasteiger partial charge in [-0.3, -0.25) is 4.79 Å². The first kappa shape index (κ1) is 19.4. The second-order valence-electron chi connectivity index (χ2n) is 6.95. The van der Waals surface area contributed by atoms with Crippen LogP contribution in [0.15, 0.2) is 41.4 Å². The molecule has 1 aromatic carbocycles. The molecule has 1 amide bonds. The van der Waals surface area contributed by atoms with Crippen molar-refractivity contribution in [3.63, 3.8) is 0 Å². The predicted molar refractivity (Wildman–Crippen MR) is 107 cm³/mol. The van der Waals surface area contributed by atoms with E-state index in [0.717, 1.165) is 44.0 Å². The van der Waals surface area contributed by atoms with Gasteiger partial charge in [-0.25, -0.2) is 4.98 Å². The van der Waals surface area contributed by atoms with Gasteiger partial charge in [-0.1, -0.05) is 42.1 Å². The highest BCUT2D eigenvalue weighted by Gasteiger charge is 2.24. The maximum Gasteiger partial charge on any atom is 0.233 e. The molecule has 0 bridgehead atoms. The lowest BCUT2D eigenvalue weighted by Crippen LogP contribution is -3.13. The summed E-state index contributed by atoms with van der Waals surface area (Å²) >= 11 is 1.37. The standard InChI is InChI=1S/C21H24N4OS/c1-16-12-17(2)23-21(19(16)13-22)27-15-20(26)25-10-8-24(9-11-25)14-18-6-4-3-5-7-18/h3-7,12H,8-11,14-15H2,1-2H3/p+1. The number of benzene rings is 1. The van der Waals surface area contributed by atoms with Gasteiger partial charge in [-0.15, -0.1) is 0 Å². The lowest BCUT2D eigenvalue weighted by atomic mass is 10.1. The van der Waals surface area contributed by atoms with Crippen LogP contribution in [0.4, 0.5) is 0 Å². The lowest BCUT2D eigenvalue weighted by molar-refractivity contribution is -0.917. The van der Waals surface area contributed by atoms with Crippen molar-refractivity contribution < 1.29 is 9.69 Å². The van der Waals surface area contributed by atoms with Crippen LogP contribution in [0, 0.1) is 25.2 Å². The topological polar surface area (TPSA) is 61.4 Å². The Bertz CT molecular complexity index is 839. The molecule has 27 heavy (non-hydrogen) atoms. The van der Waals surface area contributed by atoms with E-state index in [9.17, 15) is 10.1 Å². The van der Waals surface area contributed by atoms with Gasteiger partial charge in [0.05, 0.1) is 37.5 Å². The smallest absolute Gasteiger partial charge is 0.233 e. The molecule has 0 radical (unpaired) electrons. The molecule has 6 heteroatoms. The first-order valence-electron chi connectivity index (χ1n) is 9.23. The number of carbonyl (C=O) groups excluding carboxylic acids is 1. The monoisotopic (exact) mass is 381 g/mol. The Hall–Kier alpha value is -2.36. The Morgan fingerprint density at radius 1 is 1.26 bits per heavy atom. The summed E-state index contributed by atoms with van der Waals surface area (Å²) < 4.78 is 0. The summed E-state index contributed by atoms with van der Waals surface area (Å²) in [6, 6.07) is 14.6. The molecule has 0 aliphatic carbocycles. The Morgan fingerprint density at radius 3 is 2.63 bits per heavy atom. The number of nitrogens with zero attached hydrogens (tertiary/aromatic N) is 3. The summed E-state index contributed by atoms with van der Waals surface area (Å²) in [5, 5.41) is 10.0. The molecule has 1 N–H and O–H groups in total. The molecule has 2 heterocycles. The van der Waals surface area contributed by atoms with Crippen molar-refractivity contribution in [1.82, 2.24) is 9.88 Å². The summed E-state index contributed by atoms with van der Waals surface area (Å²) in [7, 11) is 0. The van der Waals surface area contributed by atoms with Crippen LogP contribution in [-0.2, 0) is 11.3 Å². The average molecular weight is 382 g/mol. The van der Waals surface area contributed by atoms with Gasteiger partial charge < -0.3 is 9.80 Å². The van der Waals surface area contributed by atoms with Gasteiger partial charge in [0.2, 0.25) is 5.91 Å². The van der Waals surface area contributed by atoms with E-state index in [1.807, 2.05) is 30.9 Å². The van der Waals surface area contributed by atoms with E-state index >= 15 is 0 Å². The highest BCUT2D eigenvalue weighted by atomic mass is 32.2. The third-order valence-electron chi connectivity index (χ3n) is 4.88. The Morgan fingerprint density at radius 2 is 1.96 bits per heavy atom. The highest BCUT2D eigenvalue weighted by Crippen LogP contribution is 2.23. The molecule has 0 spiro atoms. The summed E-state index contributed by atoms with van der Waals surface area (Å²) in [6.45, 7) is 8.34. The molecule has 1 aliphatic rings. The summed E-state index contributed by atoms with van der Waals surface area (Å²) in [6.07, 6.45) is 0. The normalized spacial score (nSPS) is 14.8. The first-order chi connectivity index (χ1) is 13.1. The van der Waals surface area contributed by atoms with Crippen LogP contribution in [-0.4, -0.2) is 47.7 Å². The molecule has 2 aromatic rings. The number of hydrogen-bond acceptors (Lipinski definition) is 4. The van der Waals surface area contributed by atoms with Crippen LogP contribution in [0.25, 0.3) is 0 Å². The van der Waals surface area contributed by atoms with E-state index in [1.54, 1.807) is 0 Å². The Labute approximate surface area is 165 Å². The number of aryl methyl sites for hydroxylation is 2. The minimum absolute atomic E-state index is 0.128. The lowest BCUT2D eigenvalue weighted by Gasteiger charge is -2.32. The minimum atomic E-state index is 0.128. The minimum Gasteiger partial charge on any atom is -0.331 e. The SMILES string of the molecule is Cc1cc(C)c(C#N)c(SCC(=O)N2CC[NH+](Cc3ccccc3)CC2)n1. The maximum atomic E-state index is 12.6. The highest BCUT2D eigenvalue weighted by molar-refractivity contribution is 8.00. The molecule has 0 unspecified atom stereocenters. The van der Waals surface area contributed by atoms with Crippen molar-refractivity contribution in [1.29, 1.82) is 5.26 Å². The number of piperazine rings is 1. The summed E-state index contributed by atoms with van der Waals surface area (Å²) in [5.41, 5.74) is 3.71.